The van der Waals surface area contributed by atoms with E-state index in [0.717, 1.165) is 33.5 Å². The van der Waals surface area contributed by atoms with Gasteiger partial charge in [-0.15, -0.1) is 0 Å². The fourth-order valence-corrected chi connectivity index (χ4v) is 3.04. The number of aryl methyl sites for hydroxylation is 1. The number of nitrogens with one attached hydrogen (secondary N) is 1. The highest BCUT2D eigenvalue weighted by molar-refractivity contribution is 5.93. The second-order valence-corrected chi connectivity index (χ2v) is 6.39. The average molecular weight is 368 g/mol. The van der Waals surface area contributed by atoms with Crippen LogP contribution in [0.3, 0.4) is 0 Å². The zero-order chi connectivity index (χ0) is 19.3. The van der Waals surface area contributed by atoms with Crippen LogP contribution >= 0.6 is 0 Å². The maximum absolute atomic E-state index is 5.34. The quantitative estimate of drug-likeness (QED) is 0.395. The molecule has 1 heterocycles. The molecule has 1 aromatic heterocycles. The molecular formula is C23H20N4O. The Morgan fingerprint density at radius 1 is 0.929 bits per heavy atom. The van der Waals surface area contributed by atoms with Crippen LogP contribution in [-0.4, -0.2) is 23.3 Å². The number of methoxy groups -OCH3 is 1. The number of hydrogen-bond acceptors (Lipinski definition) is 5. The molecule has 3 aromatic carbocycles. The summed E-state index contributed by atoms with van der Waals surface area (Å²) in [7, 11) is 1.64. The lowest BCUT2D eigenvalue weighted by atomic mass is 10.0. The number of fused-ring (bicyclic) bond motifs is 1. The van der Waals surface area contributed by atoms with Crippen molar-refractivity contribution in [3.05, 3.63) is 83.9 Å². The van der Waals surface area contributed by atoms with E-state index in [0.29, 0.717) is 5.95 Å². The molecule has 0 spiro atoms. The summed E-state index contributed by atoms with van der Waals surface area (Å²) in [4.78, 5) is 9.33. The Morgan fingerprint density at radius 2 is 1.71 bits per heavy atom. The maximum atomic E-state index is 5.34. The molecule has 4 aromatic rings. The van der Waals surface area contributed by atoms with Crippen LogP contribution in [0.4, 0.5) is 5.95 Å². The summed E-state index contributed by atoms with van der Waals surface area (Å²) < 4.78 is 5.34. The minimum absolute atomic E-state index is 0.446. The monoisotopic (exact) mass is 368 g/mol. The van der Waals surface area contributed by atoms with Crippen LogP contribution in [-0.2, 0) is 0 Å². The van der Waals surface area contributed by atoms with Gasteiger partial charge in [-0.3, -0.25) is 0 Å². The molecule has 0 amide bonds. The third kappa shape index (κ3) is 3.69. The number of ether oxygens (including phenoxy) is 1. The molecule has 0 aliphatic carbocycles. The Balaban J connectivity index is 1.72. The predicted molar refractivity (Wildman–Crippen MR) is 114 cm³/mol. The summed E-state index contributed by atoms with van der Waals surface area (Å²) >= 11 is 0. The summed E-state index contributed by atoms with van der Waals surface area (Å²) in [6, 6.07) is 24.0. The van der Waals surface area contributed by atoms with Crippen molar-refractivity contribution < 1.29 is 4.74 Å². The Morgan fingerprint density at radius 3 is 2.54 bits per heavy atom. The van der Waals surface area contributed by atoms with Crippen LogP contribution in [0.1, 0.15) is 11.1 Å². The van der Waals surface area contributed by atoms with E-state index in [4.69, 9.17) is 9.72 Å². The minimum Gasteiger partial charge on any atom is -0.496 e. The van der Waals surface area contributed by atoms with Crippen LogP contribution in [0.25, 0.3) is 22.2 Å². The van der Waals surface area contributed by atoms with Gasteiger partial charge in [0.1, 0.15) is 5.75 Å². The highest BCUT2D eigenvalue weighted by atomic mass is 16.5. The molecule has 0 saturated carbocycles. The van der Waals surface area contributed by atoms with Gasteiger partial charge in [-0.05, 0) is 31.2 Å². The fourth-order valence-electron chi connectivity index (χ4n) is 3.04. The number of rotatable bonds is 5. The fraction of sp³-hybridized carbons (Fsp3) is 0.0870. The second-order valence-electron chi connectivity index (χ2n) is 6.39. The summed E-state index contributed by atoms with van der Waals surface area (Å²) in [5, 5.41) is 5.32. The first-order valence-corrected chi connectivity index (χ1v) is 9.00. The molecule has 5 nitrogen and oxygen atoms in total. The van der Waals surface area contributed by atoms with E-state index in [1.807, 2.05) is 66.7 Å². The number of aromatic nitrogens is 2. The lowest BCUT2D eigenvalue weighted by molar-refractivity contribution is 0.414. The molecule has 1 N–H and O–H groups in total. The largest absolute Gasteiger partial charge is 0.496 e. The highest BCUT2D eigenvalue weighted by Crippen LogP contribution is 2.28. The van der Waals surface area contributed by atoms with Crippen molar-refractivity contribution in [1.29, 1.82) is 0 Å². The van der Waals surface area contributed by atoms with Gasteiger partial charge in [0, 0.05) is 16.5 Å². The number of nitrogens with zero attached hydrogens (tertiary/aromatic N) is 3. The van der Waals surface area contributed by atoms with Crippen molar-refractivity contribution in [2.24, 2.45) is 5.10 Å². The van der Waals surface area contributed by atoms with Gasteiger partial charge in [0.05, 0.1) is 24.5 Å². The smallest absolute Gasteiger partial charge is 0.244 e. The Bertz CT molecular complexity index is 1140. The summed E-state index contributed by atoms with van der Waals surface area (Å²) in [6.07, 6.45) is 1.70. The molecule has 0 aliphatic heterocycles. The number of benzene rings is 3. The SMILES string of the molecule is COc1ccccc1C=NNc1nc(-c2ccccc2)c2cc(C)ccc2n1. The lowest BCUT2D eigenvalue weighted by Crippen LogP contribution is -2.00. The second kappa shape index (κ2) is 7.88. The van der Waals surface area contributed by atoms with Crippen LogP contribution in [0, 0.1) is 6.92 Å². The van der Waals surface area contributed by atoms with Crippen LogP contribution in [0.2, 0.25) is 0 Å². The molecule has 28 heavy (non-hydrogen) atoms. The van der Waals surface area contributed by atoms with E-state index in [1.54, 1.807) is 13.3 Å². The molecule has 0 fully saturated rings. The van der Waals surface area contributed by atoms with E-state index in [1.165, 1.54) is 5.56 Å². The molecule has 0 bridgehead atoms. The van der Waals surface area contributed by atoms with E-state index >= 15 is 0 Å². The molecule has 138 valence electrons. The van der Waals surface area contributed by atoms with Gasteiger partial charge in [-0.2, -0.15) is 5.10 Å². The highest BCUT2D eigenvalue weighted by Gasteiger charge is 2.10. The number of hydrazone groups is 1. The van der Waals surface area contributed by atoms with Gasteiger partial charge in [-0.25, -0.2) is 15.4 Å². The molecule has 0 unspecified atom stereocenters. The molecule has 5 heteroatoms. The number of para-hydroxylation sites is 1. The van der Waals surface area contributed by atoms with Crippen molar-refractivity contribution in [3.63, 3.8) is 0 Å². The first kappa shape index (κ1) is 17.7. The van der Waals surface area contributed by atoms with Gasteiger partial charge in [-0.1, -0.05) is 54.1 Å². The van der Waals surface area contributed by atoms with Gasteiger partial charge < -0.3 is 4.74 Å². The molecule has 0 aliphatic rings. The standard InChI is InChI=1S/C23H20N4O/c1-16-12-13-20-19(14-16)22(17-8-4-3-5-9-17)26-23(25-20)27-24-15-18-10-6-7-11-21(18)28-2/h3-15H,1-2H3,(H,25,26,27). The number of anilines is 1. The molecule has 4 rings (SSSR count). The van der Waals surface area contributed by atoms with Crippen LogP contribution < -0.4 is 10.2 Å². The van der Waals surface area contributed by atoms with Crippen molar-refractivity contribution >= 4 is 23.1 Å². The summed E-state index contributed by atoms with van der Waals surface area (Å²) in [5.41, 5.74) is 7.78. The van der Waals surface area contributed by atoms with Crippen LogP contribution in [0.5, 0.6) is 5.75 Å². The third-order valence-corrected chi connectivity index (χ3v) is 4.41. The maximum Gasteiger partial charge on any atom is 0.244 e. The van der Waals surface area contributed by atoms with Gasteiger partial charge in [0.15, 0.2) is 0 Å². The normalized spacial score (nSPS) is 11.1. The lowest BCUT2D eigenvalue weighted by Gasteiger charge is -2.09. The van der Waals surface area contributed by atoms with Crippen molar-refractivity contribution in [2.45, 2.75) is 6.92 Å². The first-order chi connectivity index (χ1) is 13.7. The Kier molecular flexibility index (Phi) is 4.97. The molecule has 0 radical (unpaired) electrons. The first-order valence-electron chi connectivity index (χ1n) is 9.00. The van der Waals surface area contributed by atoms with Crippen molar-refractivity contribution in [2.75, 3.05) is 12.5 Å². The zero-order valence-electron chi connectivity index (χ0n) is 15.8. The van der Waals surface area contributed by atoms with Gasteiger partial charge in [0.2, 0.25) is 5.95 Å². The number of hydrogen-bond donors (Lipinski definition) is 1. The zero-order valence-corrected chi connectivity index (χ0v) is 15.8. The van der Waals surface area contributed by atoms with Crippen molar-refractivity contribution in [1.82, 2.24) is 9.97 Å². The third-order valence-electron chi connectivity index (χ3n) is 4.41. The van der Waals surface area contributed by atoms with E-state index < -0.39 is 0 Å². The molecule has 0 saturated heterocycles. The van der Waals surface area contributed by atoms with E-state index in [9.17, 15) is 0 Å². The van der Waals surface area contributed by atoms with Gasteiger partial charge in [0.25, 0.3) is 0 Å². The van der Waals surface area contributed by atoms with E-state index in [2.05, 4.69) is 28.5 Å². The van der Waals surface area contributed by atoms with E-state index in [-0.39, 0.29) is 0 Å². The van der Waals surface area contributed by atoms with Crippen molar-refractivity contribution in [3.8, 4) is 17.0 Å². The molecule has 0 atom stereocenters. The Hall–Kier alpha value is -3.73. The molecular weight excluding hydrogens is 348 g/mol. The summed E-state index contributed by atoms with van der Waals surface area (Å²) in [6.45, 7) is 2.07. The Labute approximate surface area is 163 Å². The van der Waals surface area contributed by atoms with Crippen LogP contribution in [0.15, 0.2) is 77.9 Å². The van der Waals surface area contributed by atoms with Gasteiger partial charge >= 0.3 is 0 Å². The minimum atomic E-state index is 0.446. The average Bonchev–Trinajstić information content (AvgIpc) is 2.74. The summed E-state index contributed by atoms with van der Waals surface area (Å²) in [5.74, 6) is 1.20. The topological polar surface area (TPSA) is 59.4 Å². The predicted octanol–water partition coefficient (Wildman–Crippen LogP) is 5.06.